The summed E-state index contributed by atoms with van der Waals surface area (Å²) in [7, 11) is -4.20. The van der Waals surface area contributed by atoms with Crippen LogP contribution in [0.25, 0.3) is 0 Å². The number of carbonyl (C=O) groups is 2. The van der Waals surface area contributed by atoms with Crippen molar-refractivity contribution in [2.45, 2.75) is 56.3 Å². The SMILES string of the molecule is CCOc1cc(C2C3=C(CCCC3=O)OC3=C2C(=O)CCC3)cc(Br)c1OS(=O)(=O)c1ccc(Cl)cc1. The van der Waals surface area contributed by atoms with Crippen molar-refractivity contribution in [2.24, 2.45) is 0 Å². The van der Waals surface area contributed by atoms with Gasteiger partial charge in [0.2, 0.25) is 0 Å². The first-order valence-corrected chi connectivity index (χ1v) is 14.6. The van der Waals surface area contributed by atoms with Crippen LogP contribution in [-0.4, -0.2) is 26.6 Å². The minimum Gasteiger partial charge on any atom is -0.490 e. The van der Waals surface area contributed by atoms with Gasteiger partial charge >= 0.3 is 10.1 Å². The van der Waals surface area contributed by atoms with Gasteiger partial charge in [0.05, 0.1) is 11.1 Å². The molecule has 7 nitrogen and oxygen atoms in total. The lowest BCUT2D eigenvalue weighted by molar-refractivity contribution is -0.117. The summed E-state index contributed by atoms with van der Waals surface area (Å²) < 4.78 is 43.7. The quantitative estimate of drug-likeness (QED) is 0.351. The van der Waals surface area contributed by atoms with E-state index in [2.05, 4.69) is 15.9 Å². The van der Waals surface area contributed by atoms with Gasteiger partial charge in [0, 0.05) is 47.8 Å². The average Bonchev–Trinajstić information content (AvgIpc) is 2.85. The molecule has 0 amide bonds. The Balaban J connectivity index is 1.62. The molecule has 2 aromatic carbocycles. The lowest BCUT2D eigenvalue weighted by Crippen LogP contribution is -2.30. The van der Waals surface area contributed by atoms with E-state index in [1.165, 1.54) is 24.3 Å². The Bertz CT molecular complexity index is 1420. The fourth-order valence-electron chi connectivity index (χ4n) is 5.01. The van der Waals surface area contributed by atoms with E-state index < -0.39 is 16.0 Å². The summed E-state index contributed by atoms with van der Waals surface area (Å²) in [5.41, 5.74) is 1.62. The first kappa shape index (κ1) is 26.0. The smallest absolute Gasteiger partial charge is 0.339 e. The van der Waals surface area contributed by atoms with Gasteiger partial charge in [0.15, 0.2) is 23.1 Å². The summed E-state index contributed by atoms with van der Waals surface area (Å²) in [6, 6.07) is 8.97. The molecule has 37 heavy (non-hydrogen) atoms. The van der Waals surface area contributed by atoms with Crippen molar-refractivity contribution < 1.29 is 31.7 Å². The molecule has 0 N–H and O–H groups in total. The van der Waals surface area contributed by atoms with Gasteiger partial charge in [-0.15, -0.1) is 0 Å². The normalized spacial score (nSPS) is 18.4. The van der Waals surface area contributed by atoms with E-state index in [0.29, 0.717) is 76.2 Å². The van der Waals surface area contributed by atoms with Crippen molar-refractivity contribution in [2.75, 3.05) is 6.61 Å². The molecule has 0 fully saturated rings. The number of allylic oxidation sites excluding steroid dienone is 4. The van der Waals surface area contributed by atoms with E-state index in [0.717, 1.165) is 0 Å². The molecular weight excluding hydrogens is 584 g/mol. The molecule has 0 saturated carbocycles. The summed E-state index contributed by atoms with van der Waals surface area (Å²) in [5.74, 6) is 0.681. The Morgan fingerprint density at radius 1 is 0.973 bits per heavy atom. The van der Waals surface area contributed by atoms with E-state index in [1.807, 2.05) is 0 Å². The van der Waals surface area contributed by atoms with Crippen LogP contribution in [0.2, 0.25) is 5.02 Å². The standard InChI is InChI=1S/C27H24BrClO7S/c1-2-34-23-14-15(13-18(28)27(23)36-37(32,33)17-11-9-16(29)10-12-17)24-25-19(30)5-3-7-21(25)35-22-8-4-6-20(31)26(22)24/h9-14,24H,2-8H2,1H3. The Kier molecular flexibility index (Phi) is 7.22. The predicted molar refractivity (Wildman–Crippen MR) is 140 cm³/mol. The number of rotatable bonds is 6. The lowest BCUT2D eigenvalue weighted by atomic mass is 9.73. The highest BCUT2D eigenvalue weighted by atomic mass is 79.9. The molecule has 0 atom stereocenters. The molecule has 5 rings (SSSR count). The van der Waals surface area contributed by atoms with E-state index >= 15 is 0 Å². The largest absolute Gasteiger partial charge is 0.490 e. The minimum absolute atomic E-state index is 0.0269. The fourth-order valence-corrected chi connectivity index (χ4v) is 6.74. The molecule has 2 aromatic rings. The third-order valence-corrected chi connectivity index (χ3v) is 8.68. The van der Waals surface area contributed by atoms with Crippen molar-refractivity contribution in [3.05, 3.63) is 74.1 Å². The van der Waals surface area contributed by atoms with Crippen molar-refractivity contribution in [3.8, 4) is 11.5 Å². The maximum Gasteiger partial charge on any atom is 0.339 e. The van der Waals surface area contributed by atoms with Crippen molar-refractivity contribution in [1.29, 1.82) is 0 Å². The maximum absolute atomic E-state index is 13.1. The number of ketones is 2. The first-order valence-electron chi connectivity index (χ1n) is 12.1. The van der Waals surface area contributed by atoms with E-state index in [-0.39, 0.29) is 34.6 Å². The molecule has 0 unspecified atom stereocenters. The Morgan fingerprint density at radius 3 is 2.14 bits per heavy atom. The molecular formula is C27H24BrClO7S. The zero-order valence-corrected chi connectivity index (χ0v) is 23.2. The summed E-state index contributed by atoms with van der Waals surface area (Å²) in [6.45, 7) is 2.00. The molecule has 0 aromatic heterocycles. The highest BCUT2D eigenvalue weighted by Crippen LogP contribution is 2.50. The van der Waals surface area contributed by atoms with Crippen LogP contribution in [0.1, 0.15) is 56.9 Å². The van der Waals surface area contributed by atoms with Gasteiger partial charge in [-0.25, -0.2) is 0 Å². The van der Waals surface area contributed by atoms with Crippen molar-refractivity contribution in [3.63, 3.8) is 0 Å². The second-order valence-corrected chi connectivity index (χ2v) is 11.9. The van der Waals surface area contributed by atoms with E-state index in [1.54, 1.807) is 19.1 Å². The van der Waals surface area contributed by atoms with Crippen LogP contribution >= 0.6 is 27.5 Å². The summed E-state index contributed by atoms with van der Waals surface area (Å²) in [6.07, 6.45) is 3.42. The van der Waals surface area contributed by atoms with Gasteiger partial charge < -0.3 is 13.7 Å². The summed E-state index contributed by atoms with van der Waals surface area (Å²) in [5, 5.41) is 0.396. The van der Waals surface area contributed by atoms with Crippen LogP contribution in [0.4, 0.5) is 0 Å². The van der Waals surface area contributed by atoms with Crippen LogP contribution in [-0.2, 0) is 24.4 Å². The molecule has 10 heteroatoms. The lowest BCUT2D eigenvalue weighted by Gasteiger charge is -2.36. The number of ether oxygens (including phenoxy) is 2. The molecule has 2 aliphatic carbocycles. The van der Waals surface area contributed by atoms with Crippen molar-refractivity contribution >= 4 is 49.2 Å². The van der Waals surface area contributed by atoms with Gasteiger partial charge in [-0.3, -0.25) is 9.59 Å². The predicted octanol–water partition coefficient (Wildman–Crippen LogP) is 6.40. The topological polar surface area (TPSA) is 96.0 Å². The second-order valence-electron chi connectivity index (χ2n) is 9.02. The molecule has 0 bridgehead atoms. The monoisotopic (exact) mass is 606 g/mol. The summed E-state index contributed by atoms with van der Waals surface area (Å²) >= 11 is 9.35. The Morgan fingerprint density at radius 2 is 1.57 bits per heavy atom. The van der Waals surface area contributed by atoms with Crippen LogP contribution in [0.5, 0.6) is 11.5 Å². The Hall–Kier alpha value is -2.62. The molecule has 1 aliphatic heterocycles. The van der Waals surface area contributed by atoms with E-state index in [4.69, 9.17) is 25.3 Å². The van der Waals surface area contributed by atoms with Gasteiger partial charge in [0.1, 0.15) is 16.4 Å². The molecule has 0 saturated heterocycles. The van der Waals surface area contributed by atoms with Crippen LogP contribution in [0.15, 0.2) is 68.4 Å². The molecule has 3 aliphatic rings. The second kappa shape index (κ2) is 10.3. The molecule has 194 valence electrons. The fraction of sp³-hybridized carbons (Fsp3) is 0.333. The van der Waals surface area contributed by atoms with Crippen LogP contribution < -0.4 is 8.92 Å². The zero-order valence-electron chi connectivity index (χ0n) is 20.0. The number of Topliss-reactive ketones (excluding diaryl/α,β-unsaturated/α-hetero) is 2. The maximum atomic E-state index is 13.1. The highest BCUT2D eigenvalue weighted by Gasteiger charge is 2.42. The van der Waals surface area contributed by atoms with Gasteiger partial charge in [-0.05, 0) is 77.7 Å². The average molecular weight is 608 g/mol. The third-order valence-electron chi connectivity index (χ3n) is 6.60. The van der Waals surface area contributed by atoms with Gasteiger partial charge in [0.25, 0.3) is 0 Å². The van der Waals surface area contributed by atoms with Gasteiger partial charge in [-0.2, -0.15) is 8.42 Å². The van der Waals surface area contributed by atoms with Crippen molar-refractivity contribution in [1.82, 2.24) is 0 Å². The van der Waals surface area contributed by atoms with Gasteiger partial charge in [-0.1, -0.05) is 11.6 Å². The highest BCUT2D eigenvalue weighted by molar-refractivity contribution is 9.10. The zero-order chi connectivity index (χ0) is 26.3. The molecule has 0 spiro atoms. The van der Waals surface area contributed by atoms with Crippen LogP contribution in [0, 0.1) is 0 Å². The third kappa shape index (κ3) is 4.96. The Labute approximate surface area is 228 Å². The number of carbonyl (C=O) groups excluding carboxylic acids is 2. The number of hydrogen-bond donors (Lipinski definition) is 0. The summed E-state index contributed by atoms with van der Waals surface area (Å²) in [4.78, 5) is 26.1. The van der Waals surface area contributed by atoms with E-state index in [9.17, 15) is 18.0 Å². The van der Waals surface area contributed by atoms with Crippen LogP contribution in [0.3, 0.4) is 0 Å². The molecule has 0 radical (unpaired) electrons. The molecule has 1 heterocycles. The number of hydrogen-bond acceptors (Lipinski definition) is 7. The number of benzene rings is 2. The number of halogens is 2. The minimum atomic E-state index is -4.20. The first-order chi connectivity index (χ1) is 17.7.